The van der Waals surface area contributed by atoms with Crippen LogP contribution in [0, 0.1) is 23.2 Å². The second-order valence-electron chi connectivity index (χ2n) is 15.4. The molecule has 0 unspecified atom stereocenters. The van der Waals surface area contributed by atoms with Crippen molar-refractivity contribution in [1.29, 1.82) is 5.26 Å². The van der Waals surface area contributed by atoms with E-state index in [4.69, 9.17) is 5.26 Å². The predicted molar refractivity (Wildman–Crippen MR) is 213 cm³/mol. The van der Waals surface area contributed by atoms with Gasteiger partial charge in [-0.3, -0.25) is 9.59 Å². The van der Waals surface area contributed by atoms with Crippen LogP contribution in [0.15, 0.2) is 48.5 Å². The SMILES string of the molecule is CCc1ccc(NC(=O)N2CCCN(C(=O)CCC3CCCC3)CC2)cc1.N#Cc1ccc(NC(=O)N2CCCN(C(=O)CCC3CCCC3)CC2)cc1. The van der Waals surface area contributed by atoms with Crippen molar-refractivity contribution in [3.05, 3.63) is 59.7 Å². The first-order valence-corrected chi connectivity index (χ1v) is 20.6. The van der Waals surface area contributed by atoms with Crippen molar-refractivity contribution in [2.24, 2.45) is 11.8 Å². The van der Waals surface area contributed by atoms with E-state index in [0.29, 0.717) is 63.4 Å². The number of carbonyl (C=O) groups is 4. The van der Waals surface area contributed by atoms with Gasteiger partial charge in [0.1, 0.15) is 0 Å². The van der Waals surface area contributed by atoms with E-state index in [1.807, 2.05) is 39.0 Å². The second-order valence-corrected chi connectivity index (χ2v) is 15.4. The summed E-state index contributed by atoms with van der Waals surface area (Å²) in [4.78, 5) is 57.6. The summed E-state index contributed by atoms with van der Waals surface area (Å²) in [6.07, 6.45) is 16.4. The molecule has 0 atom stereocenters. The Hall–Kier alpha value is -4.59. The average Bonchev–Trinajstić information content (AvgIpc) is 3.80. The van der Waals surface area contributed by atoms with E-state index in [0.717, 1.165) is 62.7 Å². The maximum atomic E-state index is 12.6. The number of hydrogen-bond acceptors (Lipinski definition) is 5. The minimum Gasteiger partial charge on any atom is -0.341 e. The lowest BCUT2D eigenvalue weighted by atomic mass is 10.0. The van der Waals surface area contributed by atoms with Gasteiger partial charge in [-0.25, -0.2) is 9.59 Å². The molecule has 2 N–H and O–H groups in total. The van der Waals surface area contributed by atoms with E-state index < -0.39 is 0 Å². The largest absolute Gasteiger partial charge is 0.341 e. The summed E-state index contributed by atoms with van der Waals surface area (Å²) in [6, 6.07) is 16.7. The third kappa shape index (κ3) is 12.8. The lowest BCUT2D eigenvalue weighted by Gasteiger charge is -2.23. The first-order valence-electron chi connectivity index (χ1n) is 20.6. The van der Waals surface area contributed by atoms with Crippen LogP contribution in [0.25, 0.3) is 0 Å². The van der Waals surface area contributed by atoms with Gasteiger partial charge < -0.3 is 30.2 Å². The molecule has 2 aliphatic carbocycles. The summed E-state index contributed by atoms with van der Waals surface area (Å²) in [5.74, 6) is 1.98. The van der Waals surface area contributed by atoms with E-state index in [-0.39, 0.29) is 23.9 Å². The van der Waals surface area contributed by atoms with Crippen LogP contribution >= 0.6 is 0 Å². The number of nitrogens with one attached hydrogen (secondary N) is 2. The van der Waals surface area contributed by atoms with Crippen molar-refractivity contribution < 1.29 is 19.2 Å². The van der Waals surface area contributed by atoms with E-state index in [1.165, 1.54) is 56.9 Å². The Labute approximate surface area is 322 Å². The molecule has 2 heterocycles. The molecule has 2 saturated heterocycles. The maximum Gasteiger partial charge on any atom is 0.321 e. The zero-order valence-electron chi connectivity index (χ0n) is 32.4. The number of amides is 6. The lowest BCUT2D eigenvalue weighted by Crippen LogP contribution is -2.39. The number of anilines is 2. The van der Waals surface area contributed by atoms with Gasteiger partial charge >= 0.3 is 12.1 Å². The molecule has 6 rings (SSSR count). The van der Waals surface area contributed by atoms with Gasteiger partial charge in [0.2, 0.25) is 11.8 Å². The highest BCUT2D eigenvalue weighted by atomic mass is 16.2. The summed E-state index contributed by atoms with van der Waals surface area (Å²) in [6.45, 7) is 7.36. The number of aryl methyl sites for hydroxylation is 1. The molecule has 292 valence electrons. The fourth-order valence-electron chi connectivity index (χ4n) is 8.17. The molecule has 11 heteroatoms. The first kappa shape index (κ1) is 40.6. The topological polar surface area (TPSA) is 129 Å². The molecule has 2 aromatic rings. The van der Waals surface area contributed by atoms with E-state index in [9.17, 15) is 19.2 Å². The van der Waals surface area contributed by atoms with Gasteiger partial charge in [0.25, 0.3) is 0 Å². The fraction of sp³-hybridized carbons (Fsp3) is 0.605. The highest BCUT2D eigenvalue weighted by Gasteiger charge is 2.25. The summed E-state index contributed by atoms with van der Waals surface area (Å²) >= 11 is 0. The summed E-state index contributed by atoms with van der Waals surface area (Å²) in [5, 5.41) is 14.7. The van der Waals surface area contributed by atoms with E-state index >= 15 is 0 Å². The van der Waals surface area contributed by atoms with Crippen molar-refractivity contribution in [3.63, 3.8) is 0 Å². The molecule has 4 fully saturated rings. The van der Waals surface area contributed by atoms with Crippen molar-refractivity contribution >= 4 is 35.3 Å². The third-order valence-corrected chi connectivity index (χ3v) is 11.6. The van der Waals surface area contributed by atoms with Gasteiger partial charge in [-0.1, -0.05) is 70.4 Å². The first-order chi connectivity index (χ1) is 26.3. The zero-order valence-corrected chi connectivity index (χ0v) is 32.4. The monoisotopic (exact) mass is 739 g/mol. The Morgan fingerprint density at radius 3 is 1.37 bits per heavy atom. The molecule has 0 radical (unpaired) electrons. The van der Waals surface area contributed by atoms with Gasteiger partial charge in [0, 0.05) is 76.6 Å². The molecule has 0 spiro atoms. The highest BCUT2D eigenvalue weighted by Crippen LogP contribution is 2.30. The molecule has 2 aliphatic heterocycles. The van der Waals surface area contributed by atoms with E-state index in [1.54, 1.807) is 29.2 Å². The van der Waals surface area contributed by atoms with Gasteiger partial charge in [0.15, 0.2) is 0 Å². The molecule has 2 aromatic carbocycles. The minimum absolute atomic E-state index is 0.0699. The van der Waals surface area contributed by atoms with Crippen LogP contribution in [-0.2, 0) is 16.0 Å². The van der Waals surface area contributed by atoms with Crippen LogP contribution in [0.2, 0.25) is 0 Å². The number of nitrogens with zero attached hydrogens (tertiary/aromatic N) is 5. The highest BCUT2D eigenvalue weighted by molar-refractivity contribution is 5.90. The van der Waals surface area contributed by atoms with Crippen molar-refractivity contribution in [2.45, 2.75) is 103 Å². The summed E-state index contributed by atoms with van der Waals surface area (Å²) in [5.41, 5.74) is 3.32. The Morgan fingerprint density at radius 2 is 0.963 bits per heavy atom. The molecular weight excluding hydrogens is 679 g/mol. The fourth-order valence-corrected chi connectivity index (χ4v) is 8.17. The van der Waals surface area contributed by atoms with Crippen molar-refractivity contribution in [1.82, 2.24) is 19.6 Å². The maximum absolute atomic E-state index is 12.6. The zero-order chi connectivity index (χ0) is 38.1. The molecule has 54 heavy (non-hydrogen) atoms. The summed E-state index contributed by atoms with van der Waals surface area (Å²) < 4.78 is 0. The van der Waals surface area contributed by atoms with Crippen LogP contribution in [0.5, 0.6) is 0 Å². The molecule has 11 nitrogen and oxygen atoms in total. The Bertz CT molecular complexity index is 1540. The third-order valence-electron chi connectivity index (χ3n) is 11.6. The second kappa shape index (κ2) is 21.3. The molecular formula is C43H61N7O4. The number of urea groups is 2. The molecule has 0 bridgehead atoms. The number of nitriles is 1. The number of benzene rings is 2. The Kier molecular flexibility index (Phi) is 16.0. The van der Waals surface area contributed by atoms with Crippen LogP contribution in [0.4, 0.5) is 21.0 Å². The molecule has 0 aromatic heterocycles. The number of carbonyl (C=O) groups excluding carboxylic acids is 4. The average molecular weight is 740 g/mol. The lowest BCUT2D eigenvalue weighted by molar-refractivity contribution is -0.132. The van der Waals surface area contributed by atoms with Crippen LogP contribution in [-0.4, -0.2) is 95.8 Å². The van der Waals surface area contributed by atoms with Gasteiger partial charge in [-0.05, 0) is 85.9 Å². The quantitative estimate of drug-likeness (QED) is 0.271. The van der Waals surface area contributed by atoms with Gasteiger partial charge in [0.05, 0.1) is 11.6 Å². The Morgan fingerprint density at radius 1 is 0.574 bits per heavy atom. The number of rotatable bonds is 9. The van der Waals surface area contributed by atoms with Crippen LogP contribution < -0.4 is 10.6 Å². The summed E-state index contributed by atoms with van der Waals surface area (Å²) in [7, 11) is 0. The van der Waals surface area contributed by atoms with Gasteiger partial charge in [-0.2, -0.15) is 5.26 Å². The smallest absolute Gasteiger partial charge is 0.321 e. The van der Waals surface area contributed by atoms with Gasteiger partial charge in [-0.15, -0.1) is 0 Å². The standard InChI is InChI=1S/C22H33N3O2.C21H28N4O2/c1-2-18-8-11-20(12-9-18)23-22(27)25-15-5-14-24(16-17-25)21(26)13-10-19-6-3-4-7-19;22-16-18-6-9-19(10-7-18)23-21(27)25-13-3-12-24(14-15-25)20(26)11-8-17-4-1-2-5-17/h8-9,11-12,19H,2-7,10,13-17H2,1H3,(H,23,27);6-7,9-10,17H,1-5,8,11-15H2,(H,23,27). The molecule has 4 aliphatic rings. The van der Waals surface area contributed by atoms with E-state index in [2.05, 4.69) is 23.6 Å². The normalized spacial score (nSPS) is 18.2. The van der Waals surface area contributed by atoms with Crippen molar-refractivity contribution in [3.8, 4) is 6.07 Å². The molecule has 2 saturated carbocycles. The number of hydrogen-bond donors (Lipinski definition) is 2. The molecule has 6 amide bonds. The van der Waals surface area contributed by atoms with Crippen LogP contribution in [0.3, 0.4) is 0 Å². The predicted octanol–water partition coefficient (Wildman–Crippen LogP) is 7.88. The van der Waals surface area contributed by atoms with Crippen LogP contribution in [0.1, 0.15) is 108 Å². The minimum atomic E-state index is -0.153. The van der Waals surface area contributed by atoms with Crippen molar-refractivity contribution in [2.75, 3.05) is 63.0 Å². The Balaban J connectivity index is 0.000000208.